The van der Waals surface area contributed by atoms with E-state index in [1.54, 1.807) is 10.7 Å². The summed E-state index contributed by atoms with van der Waals surface area (Å²) in [7, 11) is -0.756. The average molecular weight is 558 g/mol. The molecule has 0 atom stereocenters. The van der Waals surface area contributed by atoms with Crippen molar-refractivity contribution in [1.29, 1.82) is 0 Å². The summed E-state index contributed by atoms with van der Waals surface area (Å²) in [5.74, 6) is 0.0850. The van der Waals surface area contributed by atoms with Crippen molar-refractivity contribution in [3.63, 3.8) is 0 Å². The van der Waals surface area contributed by atoms with Crippen LogP contribution in [0.4, 0.5) is 5.82 Å². The van der Waals surface area contributed by atoms with Crippen LogP contribution in [0.1, 0.15) is 27.2 Å². The number of aryl methyl sites for hydroxylation is 3. The Balaban J connectivity index is 1.56. The van der Waals surface area contributed by atoms with Crippen molar-refractivity contribution in [3.8, 4) is 5.13 Å². The smallest absolute Gasteiger partial charge is 0.256 e. The van der Waals surface area contributed by atoms with Gasteiger partial charge in [-0.25, -0.2) is 13.4 Å². The van der Waals surface area contributed by atoms with E-state index >= 15 is 0 Å². The summed E-state index contributed by atoms with van der Waals surface area (Å²) in [4.78, 5) is 17.9. The summed E-state index contributed by atoms with van der Waals surface area (Å²) >= 11 is 1.50. The van der Waals surface area contributed by atoms with Crippen LogP contribution in [-0.4, -0.2) is 73.9 Å². The molecule has 2 aromatic heterocycles. The molecule has 12 heteroatoms. The largest absolute Gasteiger partial charge is 0.383 e. The summed E-state index contributed by atoms with van der Waals surface area (Å²) in [6.45, 7) is 6.80. The fourth-order valence-corrected chi connectivity index (χ4v) is 6.55. The van der Waals surface area contributed by atoms with Crippen molar-refractivity contribution < 1.29 is 22.7 Å². The van der Waals surface area contributed by atoms with Gasteiger partial charge in [-0.2, -0.15) is 14.1 Å². The maximum atomic E-state index is 13.1. The Morgan fingerprint density at radius 1 is 1.03 bits per heavy atom. The maximum Gasteiger partial charge on any atom is 0.256 e. The second-order valence-electron chi connectivity index (χ2n) is 8.88. The highest BCUT2D eigenvalue weighted by molar-refractivity contribution is 7.89. The fourth-order valence-electron chi connectivity index (χ4n) is 4.04. The Bertz CT molecular complexity index is 1540. The van der Waals surface area contributed by atoms with Gasteiger partial charge in [0.2, 0.25) is 15.2 Å². The molecule has 4 rings (SSSR count). The van der Waals surface area contributed by atoms with Gasteiger partial charge in [0.1, 0.15) is 5.82 Å². The number of thiazole rings is 1. The van der Waals surface area contributed by atoms with Crippen LogP contribution in [0.3, 0.4) is 0 Å². The van der Waals surface area contributed by atoms with Gasteiger partial charge in [0.05, 0.1) is 34.0 Å². The molecule has 1 N–H and O–H groups in total. The van der Waals surface area contributed by atoms with Gasteiger partial charge in [0, 0.05) is 38.9 Å². The van der Waals surface area contributed by atoms with Gasteiger partial charge in [0.15, 0.2) is 0 Å². The van der Waals surface area contributed by atoms with Crippen LogP contribution in [0, 0.1) is 20.8 Å². The minimum absolute atomic E-state index is 0.0854. The quantitative estimate of drug-likeness (QED) is 0.297. The van der Waals surface area contributed by atoms with Crippen molar-refractivity contribution in [2.45, 2.75) is 25.7 Å². The van der Waals surface area contributed by atoms with E-state index in [0.717, 1.165) is 27.0 Å². The predicted molar refractivity (Wildman–Crippen MR) is 148 cm³/mol. The second-order valence-corrected chi connectivity index (χ2v) is 11.8. The van der Waals surface area contributed by atoms with Crippen LogP contribution in [-0.2, 0) is 19.5 Å². The third kappa shape index (κ3) is 5.94. The number of anilines is 1. The zero-order valence-corrected chi connectivity index (χ0v) is 23.6. The van der Waals surface area contributed by atoms with E-state index in [2.05, 4.69) is 22.5 Å². The number of nitrogens with one attached hydrogen (secondary N) is 1. The number of amides is 1. The molecule has 0 aliphatic carbocycles. The summed E-state index contributed by atoms with van der Waals surface area (Å²) in [6, 6.07) is 11.8. The van der Waals surface area contributed by atoms with E-state index in [-0.39, 0.29) is 37.1 Å². The second kappa shape index (κ2) is 11.7. The van der Waals surface area contributed by atoms with E-state index in [1.807, 2.05) is 20.8 Å². The first-order chi connectivity index (χ1) is 18.1. The molecule has 0 aliphatic heterocycles. The normalized spacial score (nSPS) is 11.9. The molecule has 10 nitrogen and oxygen atoms in total. The number of ether oxygens (including phenoxy) is 2. The molecule has 0 aliphatic rings. The van der Waals surface area contributed by atoms with E-state index in [0.29, 0.717) is 16.5 Å². The average Bonchev–Trinajstić information content (AvgIpc) is 3.47. The van der Waals surface area contributed by atoms with Crippen LogP contribution in [0.25, 0.3) is 15.3 Å². The number of aromatic nitrogens is 3. The SMILES string of the molecule is COCCN(CCOC)S(=O)(=O)c1ccc(C(=O)Nc2cc(C)nn2-c2nc3c(C)cc(C)cc3s2)cc1. The van der Waals surface area contributed by atoms with Gasteiger partial charge in [-0.1, -0.05) is 17.4 Å². The monoisotopic (exact) mass is 557 g/mol. The molecule has 2 heterocycles. The number of hydrogen-bond donors (Lipinski definition) is 1. The number of sulfonamides is 1. The number of methoxy groups -OCH3 is 2. The van der Waals surface area contributed by atoms with Gasteiger partial charge in [-0.3, -0.25) is 4.79 Å². The number of nitrogens with zero attached hydrogens (tertiary/aromatic N) is 4. The molecule has 202 valence electrons. The van der Waals surface area contributed by atoms with E-state index in [4.69, 9.17) is 14.5 Å². The summed E-state index contributed by atoms with van der Waals surface area (Å²) in [6.07, 6.45) is 0. The third-order valence-corrected chi connectivity index (χ3v) is 8.81. The van der Waals surface area contributed by atoms with Gasteiger partial charge in [0.25, 0.3) is 5.91 Å². The van der Waals surface area contributed by atoms with Gasteiger partial charge in [-0.15, -0.1) is 0 Å². The number of fused-ring (bicyclic) bond motifs is 1. The maximum absolute atomic E-state index is 13.1. The molecule has 4 aromatic rings. The number of carbonyl (C=O) groups is 1. The van der Waals surface area contributed by atoms with E-state index in [9.17, 15) is 13.2 Å². The third-order valence-electron chi connectivity index (χ3n) is 5.92. The number of rotatable bonds is 11. The molecule has 1 amide bonds. The van der Waals surface area contributed by atoms with Crippen LogP contribution in [0.2, 0.25) is 0 Å². The standard InChI is InChI=1S/C26H31N5O5S2/c1-17-14-18(2)24-22(15-17)37-26(28-24)31-23(16-19(3)29-31)27-25(32)20-6-8-21(9-7-20)38(33,34)30(10-12-35-4)11-13-36-5/h6-9,14-16H,10-13H2,1-5H3,(H,27,32). The molecule has 2 aromatic carbocycles. The van der Waals surface area contributed by atoms with Crippen molar-refractivity contribution in [2.24, 2.45) is 0 Å². The molecule has 0 bridgehead atoms. The topological polar surface area (TPSA) is 116 Å². The molecule has 0 spiro atoms. The first-order valence-corrected chi connectivity index (χ1v) is 14.2. The predicted octanol–water partition coefficient (Wildman–Crippen LogP) is 3.94. The van der Waals surface area contributed by atoms with Gasteiger partial charge < -0.3 is 14.8 Å². The zero-order valence-electron chi connectivity index (χ0n) is 22.0. The van der Waals surface area contributed by atoms with Crippen LogP contribution >= 0.6 is 11.3 Å². The number of carbonyl (C=O) groups excluding carboxylic acids is 1. The zero-order chi connectivity index (χ0) is 27.4. The summed E-state index contributed by atoms with van der Waals surface area (Å²) in [5.41, 5.74) is 4.17. The van der Waals surface area contributed by atoms with Crippen molar-refractivity contribution >= 4 is 43.3 Å². The van der Waals surface area contributed by atoms with Crippen LogP contribution in [0.15, 0.2) is 47.4 Å². The minimum atomic E-state index is -3.79. The van der Waals surface area contributed by atoms with Crippen molar-refractivity contribution in [2.75, 3.05) is 45.8 Å². The lowest BCUT2D eigenvalue weighted by molar-refractivity contribution is 0.102. The highest BCUT2D eigenvalue weighted by atomic mass is 32.2. The van der Waals surface area contributed by atoms with Crippen molar-refractivity contribution in [1.82, 2.24) is 19.1 Å². The Hall–Kier alpha value is -3.16. The highest BCUT2D eigenvalue weighted by Crippen LogP contribution is 2.30. The van der Waals surface area contributed by atoms with E-state index < -0.39 is 10.0 Å². The molecule has 0 saturated carbocycles. The lowest BCUT2D eigenvalue weighted by atomic mass is 10.1. The first-order valence-electron chi connectivity index (χ1n) is 12.0. The van der Waals surface area contributed by atoms with Crippen LogP contribution < -0.4 is 5.32 Å². The summed E-state index contributed by atoms with van der Waals surface area (Å²) in [5, 5.41) is 8.07. The Morgan fingerprint density at radius 2 is 1.68 bits per heavy atom. The molecule has 38 heavy (non-hydrogen) atoms. The molecular weight excluding hydrogens is 526 g/mol. The highest BCUT2D eigenvalue weighted by Gasteiger charge is 2.24. The molecule has 0 radical (unpaired) electrons. The Morgan fingerprint density at radius 3 is 2.32 bits per heavy atom. The molecule has 0 unspecified atom stereocenters. The minimum Gasteiger partial charge on any atom is -0.383 e. The Kier molecular flexibility index (Phi) is 8.58. The number of benzene rings is 2. The number of hydrogen-bond acceptors (Lipinski definition) is 8. The van der Waals surface area contributed by atoms with E-state index in [1.165, 1.54) is 54.1 Å². The fraction of sp³-hybridized carbons (Fsp3) is 0.346. The molecular formula is C26H31N5O5S2. The van der Waals surface area contributed by atoms with Crippen LogP contribution in [0.5, 0.6) is 0 Å². The summed E-state index contributed by atoms with van der Waals surface area (Å²) < 4.78 is 40.3. The van der Waals surface area contributed by atoms with Crippen molar-refractivity contribution in [3.05, 3.63) is 64.8 Å². The lowest BCUT2D eigenvalue weighted by Gasteiger charge is -2.21. The van der Waals surface area contributed by atoms with Gasteiger partial charge in [-0.05, 0) is 62.2 Å². The Labute approximate surface area is 226 Å². The molecule has 0 saturated heterocycles. The lowest BCUT2D eigenvalue weighted by Crippen LogP contribution is -2.36. The first kappa shape index (κ1) is 27.9. The van der Waals surface area contributed by atoms with Gasteiger partial charge >= 0.3 is 0 Å². The molecule has 0 fully saturated rings.